The molecule has 0 amide bonds. The van der Waals surface area contributed by atoms with E-state index in [4.69, 9.17) is 4.42 Å². The normalized spacial score (nSPS) is 11.6. The summed E-state index contributed by atoms with van der Waals surface area (Å²) >= 11 is 0. The van der Waals surface area contributed by atoms with Crippen molar-refractivity contribution >= 4 is 9.84 Å². The van der Waals surface area contributed by atoms with Crippen LogP contribution in [0.3, 0.4) is 0 Å². The minimum Gasteiger partial charge on any atom is -0.440 e. The van der Waals surface area contributed by atoms with Crippen LogP contribution in [0.25, 0.3) is 22.6 Å². The fourth-order valence-electron chi connectivity index (χ4n) is 2.36. The van der Waals surface area contributed by atoms with Gasteiger partial charge < -0.3 is 4.42 Å². The fraction of sp³-hybridized carbons (Fsp3) is 0.167. The third-order valence-corrected chi connectivity index (χ3v) is 4.69. The summed E-state index contributed by atoms with van der Waals surface area (Å²) < 4.78 is 29.0. The summed E-state index contributed by atoms with van der Waals surface area (Å²) in [6, 6.07) is 16.5. The van der Waals surface area contributed by atoms with Crippen LogP contribution in [-0.4, -0.2) is 19.7 Å². The Bertz CT molecular complexity index is 911. The molecule has 0 spiro atoms. The molecule has 2 aromatic carbocycles. The molecule has 0 aliphatic rings. The SMILES string of the molecule is CCc1nc(-c2ccccc2)c(-c2ccc(S(C)(=O)=O)cc2)o1. The van der Waals surface area contributed by atoms with Gasteiger partial charge in [-0.1, -0.05) is 37.3 Å². The van der Waals surface area contributed by atoms with Crippen molar-refractivity contribution < 1.29 is 12.8 Å². The highest BCUT2D eigenvalue weighted by Crippen LogP contribution is 2.33. The lowest BCUT2D eigenvalue weighted by molar-refractivity contribution is 0.514. The van der Waals surface area contributed by atoms with Crippen LogP contribution in [0.15, 0.2) is 63.9 Å². The molecule has 0 N–H and O–H groups in total. The molecule has 0 aliphatic carbocycles. The summed E-state index contributed by atoms with van der Waals surface area (Å²) in [6.07, 6.45) is 1.89. The average Bonchev–Trinajstić information content (AvgIpc) is 2.99. The Kier molecular flexibility index (Phi) is 4.05. The van der Waals surface area contributed by atoms with Gasteiger partial charge in [-0.3, -0.25) is 0 Å². The van der Waals surface area contributed by atoms with E-state index in [1.807, 2.05) is 37.3 Å². The van der Waals surface area contributed by atoms with Crippen molar-refractivity contribution in [1.82, 2.24) is 4.98 Å². The van der Waals surface area contributed by atoms with Gasteiger partial charge in [0.25, 0.3) is 0 Å². The number of hydrogen-bond acceptors (Lipinski definition) is 4. The molecule has 4 nitrogen and oxygen atoms in total. The highest BCUT2D eigenvalue weighted by Gasteiger charge is 2.16. The zero-order chi connectivity index (χ0) is 16.4. The summed E-state index contributed by atoms with van der Waals surface area (Å²) in [5.74, 6) is 1.32. The molecule has 3 aromatic rings. The number of benzene rings is 2. The predicted octanol–water partition coefficient (Wildman–Crippen LogP) is 3.97. The van der Waals surface area contributed by atoms with Crippen molar-refractivity contribution in [2.45, 2.75) is 18.2 Å². The minimum atomic E-state index is -3.21. The van der Waals surface area contributed by atoms with Crippen LogP contribution in [0, 0.1) is 0 Å². The molecule has 0 saturated heterocycles. The van der Waals surface area contributed by atoms with Crippen molar-refractivity contribution in [3.05, 3.63) is 60.5 Å². The Morgan fingerprint density at radius 3 is 2.17 bits per heavy atom. The summed E-state index contributed by atoms with van der Waals surface area (Å²) in [5, 5.41) is 0. The van der Waals surface area contributed by atoms with Gasteiger partial charge in [-0.25, -0.2) is 13.4 Å². The van der Waals surface area contributed by atoms with E-state index in [2.05, 4.69) is 4.98 Å². The summed E-state index contributed by atoms with van der Waals surface area (Å²) in [7, 11) is -3.21. The largest absolute Gasteiger partial charge is 0.440 e. The van der Waals surface area contributed by atoms with Crippen LogP contribution in [0.5, 0.6) is 0 Å². The second-order valence-electron chi connectivity index (χ2n) is 5.30. The number of hydrogen-bond donors (Lipinski definition) is 0. The first-order chi connectivity index (χ1) is 11.0. The number of rotatable bonds is 4. The maximum absolute atomic E-state index is 11.6. The monoisotopic (exact) mass is 327 g/mol. The maximum Gasteiger partial charge on any atom is 0.195 e. The van der Waals surface area contributed by atoms with Gasteiger partial charge in [0.15, 0.2) is 21.5 Å². The quantitative estimate of drug-likeness (QED) is 0.727. The molecule has 1 heterocycles. The molecule has 5 heteroatoms. The van der Waals surface area contributed by atoms with Gasteiger partial charge in [-0.15, -0.1) is 0 Å². The zero-order valence-electron chi connectivity index (χ0n) is 13.0. The smallest absolute Gasteiger partial charge is 0.195 e. The summed E-state index contributed by atoms with van der Waals surface area (Å²) in [6.45, 7) is 1.98. The topological polar surface area (TPSA) is 60.2 Å². The Morgan fingerprint density at radius 1 is 0.957 bits per heavy atom. The molecule has 0 saturated carbocycles. The highest BCUT2D eigenvalue weighted by molar-refractivity contribution is 7.90. The molecule has 0 bridgehead atoms. The van der Waals surface area contributed by atoms with E-state index < -0.39 is 9.84 Å². The van der Waals surface area contributed by atoms with E-state index in [1.165, 1.54) is 6.26 Å². The molecule has 1 aromatic heterocycles. The van der Waals surface area contributed by atoms with Crippen LogP contribution in [-0.2, 0) is 16.3 Å². The molecule has 0 radical (unpaired) electrons. The summed E-state index contributed by atoms with van der Waals surface area (Å²) in [5.41, 5.74) is 2.55. The first-order valence-corrected chi connectivity index (χ1v) is 9.24. The van der Waals surface area contributed by atoms with E-state index in [-0.39, 0.29) is 4.90 Å². The molecule has 118 valence electrons. The predicted molar refractivity (Wildman–Crippen MR) is 89.9 cm³/mol. The number of sulfone groups is 1. The number of oxazole rings is 1. The molecule has 0 atom stereocenters. The van der Waals surface area contributed by atoms with Gasteiger partial charge in [-0.2, -0.15) is 0 Å². The third kappa shape index (κ3) is 3.19. The van der Waals surface area contributed by atoms with Crippen molar-refractivity contribution in [2.24, 2.45) is 0 Å². The Morgan fingerprint density at radius 2 is 1.61 bits per heavy atom. The molecular weight excluding hydrogens is 310 g/mol. The zero-order valence-corrected chi connectivity index (χ0v) is 13.8. The minimum absolute atomic E-state index is 0.290. The van der Waals surface area contributed by atoms with Crippen molar-refractivity contribution in [1.29, 1.82) is 0 Å². The standard InChI is InChI=1S/C18H17NO3S/c1-3-16-19-17(13-7-5-4-6-8-13)18(22-16)14-9-11-15(12-10-14)23(2,20)21/h4-12H,3H2,1-2H3. The lowest BCUT2D eigenvalue weighted by Crippen LogP contribution is -1.96. The van der Waals surface area contributed by atoms with Gasteiger partial charge in [0.05, 0.1) is 4.90 Å². The molecule has 0 fully saturated rings. The van der Waals surface area contributed by atoms with E-state index in [1.54, 1.807) is 24.3 Å². The molecule has 0 unspecified atom stereocenters. The van der Waals surface area contributed by atoms with Gasteiger partial charge in [0.1, 0.15) is 5.69 Å². The van der Waals surface area contributed by atoms with Crippen LogP contribution in [0.1, 0.15) is 12.8 Å². The fourth-order valence-corrected chi connectivity index (χ4v) is 2.99. The van der Waals surface area contributed by atoms with Gasteiger partial charge in [-0.05, 0) is 24.3 Å². The molecule has 23 heavy (non-hydrogen) atoms. The van der Waals surface area contributed by atoms with Crippen LogP contribution in [0.2, 0.25) is 0 Å². The Balaban J connectivity index is 2.11. The molecule has 0 aliphatic heterocycles. The maximum atomic E-state index is 11.6. The summed E-state index contributed by atoms with van der Waals surface area (Å²) in [4.78, 5) is 4.85. The lowest BCUT2D eigenvalue weighted by atomic mass is 10.1. The number of aryl methyl sites for hydroxylation is 1. The van der Waals surface area contributed by atoms with Crippen molar-refractivity contribution in [3.63, 3.8) is 0 Å². The van der Waals surface area contributed by atoms with E-state index >= 15 is 0 Å². The lowest BCUT2D eigenvalue weighted by Gasteiger charge is -2.03. The first kappa shape index (κ1) is 15.5. The van der Waals surface area contributed by atoms with Gasteiger partial charge in [0, 0.05) is 23.8 Å². The van der Waals surface area contributed by atoms with E-state index in [0.29, 0.717) is 18.1 Å². The van der Waals surface area contributed by atoms with Crippen LogP contribution in [0.4, 0.5) is 0 Å². The van der Waals surface area contributed by atoms with Crippen molar-refractivity contribution in [2.75, 3.05) is 6.26 Å². The Labute approximate surface area is 135 Å². The highest BCUT2D eigenvalue weighted by atomic mass is 32.2. The van der Waals surface area contributed by atoms with Crippen LogP contribution >= 0.6 is 0 Å². The average molecular weight is 327 g/mol. The van der Waals surface area contributed by atoms with Gasteiger partial charge in [0.2, 0.25) is 0 Å². The second kappa shape index (κ2) is 6.01. The van der Waals surface area contributed by atoms with Gasteiger partial charge >= 0.3 is 0 Å². The second-order valence-corrected chi connectivity index (χ2v) is 7.32. The third-order valence-electron chi connectivity index (χ3n) is 3.57. The van der Waals surface area contributed by atoms with E-state index in [9.17, 15) is 8.42 Å². The van der Waals surface area contributed by atoms with E-state index in [0.717, 1.165) is 16.8 Å². The Hall–Kier alpha value is -2.40. The first-order valence-electron chi connectivity index (χ1n) is 7.34. The van der Waals surface area contributed by atoms with Crippen molar-refractivity contribution in [3.8, 4) is 22.6 Å². The number of aromatic nitrogens is 1. The molecule has 3 rings (SSSR count). The van der Waals surface area contributed by atoms with Crippen LogP contribution < -0.4 is 0 Å². The number of nitrogens with zero attached hydrogens (tertiary/aromatic N) is 1. The molecular formula is C18H17NO3S.